The third-order valence-corrected chi connectivity index (χ3v) is 2.99. The van der Waals surface area contributed by atoms with Crippen LogP contribution in [0.3, 0.4) is 0 Å². The Morgan fingerprint density at radius 1 is 1.40 bits per heavy atom. The molecule has 1 aromatic rings. The molecule has 1 heterocycles. The highest BCUT2D eigenvalue weighted by Gasteiger charge is 2.31. The quantitative estimate of drug-likeness (QED) is 0.367. The van der Waals surface area contributed by atoms with Gasteiger partial charge in [-0.15, -0.1) is 0 Å². The van der Waals surface area contributed by atoms with Gasteiger partial charge in [0.2, 0.25) is 0 Å². The van der Waals surface area contributed by atoms with E-state index in [0.717, 1.165) is 6.08 Å². The highest BCUT2D eigenvalue weighted by atomic mass is 35.5. The number of amides is 1. The van der Waals surface area contributed by atoms with Gasteiger partial charge < -0.3 is 20.1 Å². The van der Waals surface area contributed by atoms with Gasteiger partial charge in [-0.05, 0) is 32.9 Å². The van der Waals surface area contributed by atoms with Crippen molar-refractivity contribution in [2.24, 2.45) is 0 Å². The molecule has 0 atom stereocenters. The van der Waals surface area contributed by atoms with E-state index in [0.29, 0.717) is 11.6 Å². The summed E-state index contributed by atoms with van der Waals surface area (Å²) in [7, 11) is 1.46. The second kappa shape index (κ2) is 9.03. The molecule has 0 bridgehead atoms. The minimum Gasteiger partial charge on any atom is -0.475 e. The van der Waals surface area contributed by atoms with Crippen molar-refractivity contribution in [1.29, 1.82) is 5.41 Å². The molecule has 0 radical (unpaired) electrons. The van der Waals surface area contributed by atoms with Crippen molar-refractivity contribution in [1.82, 2.24) is 10.3 Å². The van der Waals surface area contributed by atoms with Gasteiger partial charge in [0, 0.05) is 13.1 Å². The van der Waals surface area contributed by atoms with Gasteiger partial charge in [-0.2, -0.15) is 0 Å². The van der Waals surface area contributed by atoms with Crippen LogP contribution in [0.25, 0.3) is 0 Å². The van der Waals surface area contributed by atoms with Crippen molar-refractivity contribution in [2.45, 2.75) is 26.4 Å². The number of hydrogen-bond donors (Lipinski definition) is 3. The maximum Gasteiger partial charge on any atom is 0.349 e. The van der Waals surface area contributed by atoms with Crippen molar-refractivity contribution in [3.63, 3.8) is 0 Å². The van der Waals surface area contributed by atoms with Gasteiger partial charge in [-0.3, -0.25) is 10.2 Å². The number of carbonyl (C=O) groups excluding carboxylic acids is 2. The second-order valence-electron chi connectivity index (χ2n) is 5.32. The Hall–Kier alpha value is -2.61. The molecule has 0 aliphatic rings. The second-order valence-corrected chi connectivity index (χ2v) is 5.73. The molecule has 0 aromatic carbocycles. The Morgan fingerprint density at radius 2 is 2.08 bits per heavy atom. The van der Waals surface area contributed by atoms with Gasteiger partial charge >= 0.3 is 5.97 Å². The zero-order valence-electron chi connectivity index (χ0n) is 14.5. The fraction of sp³-hybridized carbons (Fsp3) is 0.375. The molecule has 136 valence electrons. The maximum atomic E-state index is 11.8. The molecule has 3 N–H and O–H groups in total. The standard InChI is InChI=1S/C16H21ClN4O4/c1-5-24-15(23)16(2,3)25-10-6-7-13(20-9-10)21-11(8-12(17)18)14(22)19-4/h6-9,18H,5H2,1-4H3,(H,19,22)(H,20,21)/b11-8+,18-12?. The van der Waals surface area contributed by atoms with E-state index < -0.39 is 17.5 Å². The predicted octanol–water partition coefficient (Wildman–Crippen LogP) is 2.06. The number of allylic oxidation sites excluding steroid dienone is 1. The average molecular weight is 369 g/mol. The lowest BCUT2D eigenvalue weighted by Gasteiger charge is -2.23. The number of esters is 1. The molecule has 1 rings (SSSR count). The van der Waals surface area contributed by atoms with E-state index in [1.54, 1.807) is 32.9 Å². The van der Waals surface area contributed by atoms with Crippen LogP contribution in [-0.2, 0) is 14.3 Å². The number of pyridine rings is 1. The molecule has 0 fully saturated rings. The Morgan fingerprint density at radius 3 is 2.56 bits per heavy atom. The minimum atomic E-state index is -1.16. The summed E-state index contributed by atoms with van der Waals surface area (Å²) in [6, 6.07) is 3.15. The molecular weight excluding hydrogens is 348 g/mol. The highest BCUT2D eigenvalue weighted by molar-refractivity contribution is 6.67. The SMILES string of the molecule is CCOC(=O)C(C)(C)Oc1ccc(N/C(=C/C(=N)Cl)C(=O)NC)nc1. The first-order valence-electron chi connectivity index (χ1n) is 7.46. The lowest BCUT2D eigenvalue weighted by molar-refractivity contribution is -0.158. The van der Waals surface area contributed by atoms with Gasteiger partial charge in [0.1, 0.15) is 22.4 Å². The Labute approximate surface area is 151 Å². The summed E-state index contributed by atoms with van der Waals surface area (Å²) in [5.74, 6) is -0.230. The zero-order chi connectivity index (χ0) is 19.0. The summed E-state index contributed by atoms with van der Waals surface area (Å²) >= 11 is 5.50. The Balaban J connectivity index is 2.87. The number of hydrogen-bond acceptors (Lipinski definition) is 7. The molecule has 0 aliphatic heterocycles. The van der Waals surface area contributed by atoms with Crippen LogP contribution in [0.4, 0.5) is 5.82 Å². The van der Waals surface area contributed by atoms with Gasteiger partial charge in [0.05, 0.1) is 12.8 Å². The molecular formula is C16H21ClN4O4. The Kier molecular flexibility index (Phi) is 7.38. The fourth-order valence-corrected chi connectivity index (χ4v) is 1.82. The van der Waals surface area contributed by atoms with Crippen molar-refractivity contribution < 1.29 is 19.1 Å². The van der Waals surface area contributed by atoms with Crippen molar-refractivity contribution in [3.8, 4) is 5.75 Å². The number of nitrogens with one attached hydrogen (secondary N) is 3. The number of carbonyl (C=O) groups is 2. The smallest absolute Gasteiger partial charge is 0.349 e. The predicted molar refractivity (Wildman–Crippen MR) is 94.9 cm³/mol. The van der Waals surface area contributed by atoms with Gasteiger partial charge in [-0.25, -0.2) is 9.78 Å². The number of rotatable bonds is 8. The summed E-state index contributed by atoms with van der Waals surface area (Å²) in [6.45, 7) is 5.16. The van der Waals surface area contributed by atoms with Crippen LogP contribution in [-0.4, -0.2) is 41.3 Å². The lowest BCUT2D eigenvalue weighted by atomic mass is 10.1. The number of likely N-dealkylation sites (N-methyl/N-ethyl adjacent to an activating group) is 1. The summed E-state index contributed by atoms with van der Waals surface area (Å²) in [5.41, 5.74) is -1.09. The van der Waals surface area contributed by atoms with E-state index in [-0.39, 0.29) is 17.5 Å². The van der Waals surface area contributed by atoms with Crippen LogP contribution in [0, 0.1) is 5.41 Å². The summed E-state index contributed by atoms with van der Waals surface area (Å²) in [4.78, 5) is 27.7. The number of anilines is 1. The monoisotopic (exact) mass is 368 g/mol. The normalized spacial score (nSPS) is 11.5. The number of halogens is 1. The summed E-state index contributed by atoms with van der Waals surface area (Å²) in [5, 5.41) is 12.1. The van der Waals surface area contributed by atoms with Gasteiger partial charge in [-0.1, -0.05) is 11.6 Å². The molecule has 0 saturated carbocycles. The van der Waals surface area contributed by atoms with E-state index in [9.17, 15) is 9.59 Å². The van der Waals surface area contributed by atoms with E-state index in [1.807, 2.05) is 0 Å². The van der Waals surface area contributed by atoms with Crippen molar-refractivity contribution in [3.05, 3.63) is 30.1 Å². The molecule has 1 aromatic heterocycles. The van der Waals surface area contributed by atoms with Crippen LogP contribution >= 0.6 is 11.6 Å². The molecule has 0 unspecified atom stereocenters. The van der Waals surface area contributed by atoms with E-state index in [4.69, 9.17) is 26.5 Å². The van der Waals surface area contributed by atoms with Crippen LogP contribution in [0.1, 0.15) is 20.8 Å². The Bertz CT molecular complexity index is 671. The molecule has 25 heavy (non-hydrogen) atoms. The molecule has 0 aliphatic carbocycles. The lowest BCUT2D eigenvalue weighted by Crippen LogP contribution is -2.39. The third-order valence-electron chi connectivity index (χ3n) is 2.88. The number of aromatic nitrogens is 1. The molecule has 0 spiro atoms. The third kappa shape index (κ3) is 6.42. The zero-order valence-corrected chi connectivity index (χ0v) is 15.2. The van der Waals surface area contributed by atoms with Crippen LogP contribution < -0.4 is 15.4 Å². The molecule has 0 saturated heterocycles. The first kappa shape index (κ1) is 20.4. The maximum absolute atomic E-state index is 11.8. The largest absolute Gasteiger partial charge is 0.475 e. The van der Waals surface area contributed by atoms with Crippen molar-refractivity contribution in [2.75, 3.05) is 19.0 Å². The first-order chi connectivity index (χ1) is 11.7. The summed E-state index contributed by atoms with van der Waals surface area (Å²) < 4.78 is 10.5. The molecule has 8 nitrogen and oxygen atoms in total. The van der Waals surface area contributed by atoms with Crippen LogP contribution in [0.15, 0.2) is 30.1 Å². The number of nitrogens with zero attached hydrogens (tertiary/aromatic N) is 1. The topological polar surface area (TPSA) is 113 Å². The summed E-state index contributed by atoms with van der Waals surface area (Å²) in [6.07, 6.45) is 2.56. The van der Waals surface area contributed by atoms with Crippen LogP contribution in [0.2, 0.25) is 0 Å². The van der Waals surface area contributed by atoms with E-state index in [2.05, 4.69) is 15.6 Å². The van der Waals surface area contributed by atoms with E-state index >= 15 is 0 Å². The fourth-order valence-electron chi connectivity index (χ4n) is 1.71. The highest BCUT2D eigenvalue weighted by Crippen LogP contribution is 2.20. The van der Waals surface area contributed by atoms with Crippen molar-refractivity contribution >= 4 is 34.5 Å². The number of ether oxygens (including phenoxy) is 2. The molecule has 1 amide bonds. The average Bonchev–Trinajstić information content (AvgIpc) is 2.54. The van der Waals surface area contributed by atoms with Crippen LogP contribution in [0.5, 0.6) is 5.75 Å². The minimum absolute atomic E-state index is 0.0653. The van der Waals surface area contributed by atoms with Gasteiger partial charge in [0.25, 0.3) is 5.91 Å². The first-order valence-corrected chi connectivity index (χ1v) is 7.84. The molecule has 9 heteroatoms. The van der Waals surface area contributed by atoms with Gasteiger partial charge in [0.15, 0.2) is 5.60 Å². The van der Waals surface area contributed by atoms with E-state index in [1.165, 1.54) is 13.2 Å².